The van der Waals surface area contributed by atoms with Gasteiger partial charge in [0.05, 0.1) is 11.1 Å². The molecule has 1 aliphatic carbocycles. The van der Waals surface area contributed by atoms with Crippen LogP contribution in [0.4, 0.5) is 0 Å². The molecule has 1 aliphatic rings. The van der Waals surface area contributed by atoms with Crippen molar-refractivity contribution < 1.29 is 19.2 Å². The molecule has 4 rings (SSSR count). The van der Waals surface area contributed by atoms with Gasteiger partial charge in [-0.05, 0) is 42.4 Å². The zero-order valence-electron chi connectivity index (χ0n) is 18.1. The number of ketones is 1. The van der Waals surface area contributed by atoms with E-state index in [-0.39, 0.29) is 5.78 Å². The summed E-state index contributed by atoms with van der Waals surface area (Å²) in [5.74, 6) is 0.421. The number of carboxylic acid groups (broad SMARTS) is 1. The van der Waals surface area contributed by atoms with Gasteiger partial charge in [-0.1, -0.05) is 67.5 Å². The van der Waals surface area contributed by atoms with Crippen LogP contribution in [0.25, 0.3) is 22.5 Å². The number of nitrogens with zero attached hydrogens (tertiary/aromatic N) is 1. The monoisotopic (exact) mass is 417 g/mol. The summed E-state index contributed by atoms with van der Waals surface area (Å²) in [6.07, 6.45) is 2.28. The van der Waals surface area contributed by atoms with Crippen LogP contribution in [0.1, 0.15) is 49.9 Å². The van der Waals surface area contributed by atoms with E-state index >= 15 is 0 Å². The third-order valence-electron chi connectivity index (χ3n) is 6.07. The van der Waals surface area contributed by atoms with Crippen LogP contribution in [0.2, 0.25) is 0 Å². The predicted octanol–water partition coefficient (Wildman–Crippen LogP) is 5.59. The molecule has 0 radical (unpaired) electrons. The highest BCUT2D eigenvalue weighted by Crippen LogP contribution is 2.48. The summed E-state index contributed by atoms with van der Waals surface area (Å²) in [7, 11) is 0. The quantitative estimate of drug-likeness (QED) is 0.517. The fourth-order valence-electron chi connectivity index (χ4n) is 4.10. The van der Waals surface area contributed by atoms with E-state index in [4.69, 9.17) is 4.52 Å². The molecule has 1 saturated carbocycles. The van der Waals surface area contributed by atoms with Crippen molar-refractivity contribution in [2.45, 2.75) is 51.9 Å². The Balaban J connectivity index is 1.54. The molecule has 3 aromatic rings. The van der Waals surface area contributed by atoms with Gasteiger partial charge in [0.25, 0.3) is 0 Å². The third kappa shape index (κ3) is 4.18. The fraction of sp³-hybridized carbons (Fsp3) is 0.346. The van der Waals surface area contributed by atoms with Gasteiger partial charge in [0.15, 0.2) is 5.76 Å². The van der Waals surface area contributed by atoms with E-state index in [1.807, 2.05) is 69.3 Å². The fourth-order valence-corrected chi connectivity index (χ4v) is 4.10. The number of aromatic nitrogens is 1. The Labute approximate surface area is 182 Å². The van der Waals surface area contributed by atoms with Gasteiger partial charge in [0.1, 0.15) is 5.78 Å². The largest absolute Gasteiger partial charge is 0.481 e. The van der Waals surface area contributed by atoms with Crippen molar-refractivity contribution in [2.75, 3.05) is 0 Å². The molecular formula is C26H27NO4. The number of benzene rings is 2. The smallest absolute Gasteiger partial charge is 0.314 e. The first-order valence-electron chi connectivity index (χ1n) is 10.7. The lowest BCUT2D eigenvalue weighted by molar-refractivity contribution is -0.140. The Hall–Kier alpha value is -3.21. The van der Waals surface area contributed by atoms with Gasteiger partial charge in [-0.15, -0.1) is 0 Å². The summed E-state index contributed by atoms with van der Waals surface area (Å²) >= 11 is 0. The van der Waals surface area contributed by atoms with E-state index < -0.39 is 11.4 Å². The molecule has 0 aliphatic heterocycles. The molecule has 2 aromatic carbocycles. The standard InChI is InChI=1S/C26H27NO4/c1-16(2)14-22(28)15-23-17(3)27-31-24(23)20-6-4-18(5-7-20)19-8-10-21(11-9-19)26(12-13-26)25(29)30/h4-11,16H,12-15H2,1-3H3,(H,29,30). The van der Waals surface area contributed by atoms with Gasteiger partial charge in [0.2, 0.25) is 0 Å². The third-order valence-corrected chi connectivity index (χ3v) is 6.07. The second-order valence-corrected chi connectivity index (χ2v) is 8.93. The van der Waals surface area contributed by atoms with Gasteiger partial charge in [-0.3, -0.25) is 9.59 Å². The number of hydrogen-bond acceptors (Lipinski definition) is 4. The molecule has 31 heavy (non-hydrogen) atoms. The van der Waals surface area contributed by atoms with Gasteiger partial charge in [-0.2, -0.15) is 0 Å². The maximum Gasteiger partial charge on any atom is 0.314 e. The Kier molecular flexibility index (Phi) is 5.52. The van der Waals surface area contributed by atoms with Crippen molar-refractivity contribution in [3.63, 3.8) is 0 Å². The van der Waals surface area contributed by atoms with Crippen molar-refractivity contribution >= 4 is 11.8 Å². The molecule has 0 spiro atoms. The topological polar surface area (TPSA) is 80.4 Å². The molecule has 0 unspecified atom stereocenters. The molecule has 0 bridgehead atoms. The van der Waals surface area contributed by atoms with Crippen LogP contribution in [0.15, 0.2) is 53.1 Å². The molecule has 0 atom stereocenters. The van der Waals surface area contributed by atoms with Crippen molar-refractivity contribution in [3.05, 3.63) is 65.4 Å². The highest BCUT2D eigenvalue weighted by Gasteiger charge is 2.51. The SMILES string of the molecule is Cc1noc(-c2ccc(-c3ccc(C4(C(=O)O)CC4)cc3)cc2)c1CC(=O)CC(C)C. The Bertz CT molecular complexity index is 1100. The van der Waals surface area contributed by atoms with Crippen molar-refractivity contribution in [2.24, 2.45) is 5.92 Å². The van der Waals surface area contributed by atoms with E-state index in [0.717, 1.165) is 33.5 Å². The zero-order valence-corrected chi connectivity index (χ0v) is 18.1. The van der Waals surface area contributed by atoms with Crippen LogP contribution in [0.5, 0.6) is 0 Å². The van der Waals surface area contributed by atoms with E-state index in [0.29, 0.717) is 37.4 Å². The number of carboxylic acids is 1. The number of Topliss-reactive ketones (excluding diaryl/α,β-unsaturated/α-hetero) is 1. The van der Waals surface area contributed by atoms with Crippen LogP contribution >= 0.6 is 0 Å². The number of aryl methyl sites for hydroxylation is 1. The maximum atomic E-state index is 12.3. The van der Waals surface area contributed by atoms with Gasteiger partial charge in [0, 0.05) is 24.0 Å². The lowest BCUT2D eigenvalue weighted by Crippen LogP contribution is -2.19. The van der Waals surface area contributed by atoms with Crippen molar-refractivity contribution in [3.8, 4) is 22.5 Å². The van der Waals surface area contributed by atoms with Crippen LogP contribution in [-0.4, -0.2) is 22.0 Å². The number of hydrogen-bond donors (Lipinski definition) is 1. The molecule has 5 heteroatoms. The van der Waals surface area contributed by atoms with E-state index in [9.17, 15) is 14.7 Å². The summed E-state index contributed by atoms with van der Waals surface area (Å²) in [4.78, 5) is 23.9. The van der Waals surface area contributed by atoms with Crippen LogP contribution in [0, 0.1) is 12.8 Å². The minimum absolute atomic E-state index is 0.189. The van der Waals surface area contributed by atoms with Crippen molar-refractivity contribution in [1.29, 1.82) is 0 Å². The minimum Gasteiger partial charge on any atom is -0.481 e. The normalized spacial score (nSPS) is 14.6. The average Bonchev–Trinajstić information content (AvgIpc) is 3.48. The summed E-state index contributed by atoms with van der Waals surface area (Å²) in [5.41, 5.74) is 4.73. The summed E-state index contributed by atoms with van der Waals surface area (Å²) < 4.78 is 5.56. The first kappa shape index (κ1) is 21.0. The Morgan fingerprint density at radius 3 is 2.06 bits per heavy atom. The number of carbonyl (C=O) groups excluding carboxylic acids is 1. The Morgan fingerprint density at radius 1 is 1.00 bits per heavy atom. The first-order chi connectivity index (χ1) is 14.8. The zero-order chi connectivity index (χ0) is 22.2. The summed E-state index contributed by atoms with van der Waals surface area (Å²) in [5, 5.41) is 13.6. The maximum absolute atomic E-state index is 12.3. The summed E-state index contributed by atoms with van der Waals surface area (Å²) in [6, 6.07) is 15.7. The van der Waals surface area contributed by atoms with Gasteiger partial charge in [-0.25, -0.2) is 0 Å². The lowest BCUT2D eigenvalue weighted by atomic mass is 9.93. The van der Waals surface area contributed by atoms with E-state index in [1.54, 1.807) is 0 Å². The molecule has 0 amide bonds. The molecular weight excluding hydrogens is 390 g/mol. The highest BCUT2D eigenvalue weighted by atomic mass is 16.5. The van der Waals surface area contributed by atoms with E-state index in [2.05, 4.69) is 5.16 Å². The van der Waals surface area contributed by atoms with Crippen LogP contribution < -0.4 is 0 Å². The minimum atomic E-state index is -0.741. The van der Waals surface area contributed by atoms with Gasteiger partial charge >= 0.3 is 5.97 Å². The average molecular weight is 418 g/mol. The first-order valence-corrected chi connectivity index (χ1v) is 10.7. The number of carbonyl (C=O) groups is 2. The summed E-state index contributed by atoms with van der Waals surface area (Å²) in [6.45, 7) is 5.94. The highest BCUT2D eigenvalue weighted by molar-refractivity contribution is 5.85. The lowest BCUT2D eigenvalue weighted by Gasteiger charge is -2.11. The van der Waals surface area contributed by atoms with Crippen LogP contribution in [0.3, 0.4) is 0 Å². The molecule has 1 N–H and O–H groups in total. The molecule has 1 fully saturated rings. The molecule has 1 heterocycles. The molecule has 160 valence electrons. The second kappa shape index (κ2) is 8.14. The second-order valence-electron chi connectivity index (χ2n) is 8.93. The molecule has 5 nitrogen and oxygen atoms in total. The van der Waals surface area contributed by atoms with Crippen molar-refractivity contribution in [1.82, 2.24) is 5.16 Å². The molecule has 1 aromatic heterocycles. The van der Waals surface area contributed by atoms with E-state index in [1.165, 1.54) is 0 Å². The molecule has 0 saturated heterocycles. The number of aliphatic carboxylic acids is 1. The predicted molar refractivity (Wildman–Crippen MR) is 119 cm³/mol. The van der Waals surface area contributed by atoms with Gasteiger partial charge < -0.3 is 9.63 Å². The number of rotatable bonds is 8. The Morgan fingerprint density at radius 2 is 1.55 bits per heavy atom. The van der Waals surface area contributed by atoms with Crippen LogP contribution in [-0.2, 0) is 21.4 Å².